The Morgan fingerprint density at radius 1 is 1.59 bits per heavy atom. The average Bonchev–Trinajstić information content (AvgIpc) is 2.65. The van der Waals surface area contributed by atoms with Crippen LogP contribution in [-0.4, -0.2) is 23.6 Å². The second-order valence-electron chi connectivity index (χ2n) is 4.99. The van der Waals surface area contributed by atoms with Gasteiger partial charge in [-0.05, 0) is 19.3 Å². The first kappa shape index (κ1) is 14.0. The zero-order valence-electron chi connectivity index (χ0n) is 11.0. The van der Waals surface area contributed by atoms with Crippen LogP contribution in [0, 0.1) is 5.41 Å². The molecule has 1 aromatic rings. The number of carbonyl (C=O) groups excluding carboxylic acids is 1. The maximum atomic E-state index is 11.4. The van der Waals surface area contributed by atoms with Crippen molar-refractivity contribution >= 4 is 22.4 Å². The van der Waals surface area contributed by atoms with Crippen LogP contribution in [0.2, 0.25) is 0 Å². The van der Waals surface area contributed by atoms with Gasteiger partial charge in [0.05, 0.1) is 6.61 Å². The molecular weight excluding hydrogens is 236 g/mol. The highest BCUT2D eigenvalue weighted by molar-refractivity contribution is 7.13. The van der Waals surface area contributed by atoms with Crippen LogP contribution >= 0.6 is 11.3 Å². The van der Waals surface area contributed by atoms with Crippen LogP contribution in [0.1, 0.15) is 45.1 Å². The number of hydrogen-bond donors (Lipinski definition) is 1. The number of nitrogens with one attached hydrogen (secondary N) is 1. The second kappa shape index (κ2) is 5.49. The molecule has 0 saturated heterocycles. The van der Waals surface area contributed by atoms with Gasteiger partial charge in [-0.25, -0.2) is 9.78 Å². The fourth-order valence-corrected chi connectivity index (χ4v) is 1.81. The van der Waals surface area contributed by atoms with E-state index in [1.807, 2.05) is 0 Å². The Bertz CT molecular complexity index is 382. The Morgan fingerprint density at radius 2 is 2.24 bits per heavy atom. The fraction of sp³-hybridized carbons (Fsp3) is 0.667. The summed E-state index contributed by atoms with van der Waals surface area (Å²) in [6, 6.07) is 0.281. The molecule has 0 saturated carbocycles. The molecule has 1 N–H and O–H groups in total. The summed E-state index contributed by atoms with van der Waals surface area (Å²) in [4.78, 5) is 15.7. The number of carbonyl (C=O) groups is 1. The highest BCUT2D eigenvalue weighted by Gasteiger charge is 2.21. The van der Waals surface area contributed by atoms with E-state index in [2.05, 4.69) is 38.0 Å². The van der Waals surface area contributed by atoms with Gasteiger partial charge in [-0.15, -0.1) is 11.3 Å². The molecule has 17 heavy (non-hydrogen) atoms. The first-order valence-corrected chi connectivity index (χ1v) is 6.61. The summed E-state index contributed by atoms with van der Waals surface area (Å²) < 4.78 is 4.89. The third-order valence-electron chi connectivity index (χ3n) is 2.63. The molecule has 5 heteroatoms. The Balaban J connectivity index is 2.66. The summed E-state index contributed by atoms with van der Waals surface area (Å²) >= 11 is 1.43. The molecule has 1 atom stereocenters. The Kier molecular flexibility index (Phi) is 4.51. The number of rotatable bonds is 4. The van der Waals surface area contributed by atoms with Crippen molar-refractivity contribution in [1.82, 2.24) is 4.98 Å². The van der Waals surface area contributed by atoms with Gasteiger partial charge in [0.15, 0.2) is 10.8 Å². The molecule has 0 aliphatic carbocycles. The second-order valence-corrected chi connectivity index (χ2v) is 5.85. The van der Waals surface area contributed by atoms with Crippen molar-refractivity contribution in [3.63, 3.8) is 0 Å². The van der Waals surface area contributed by atoms with E-state index in [-0.39, 0.29) is 17.4 Å². The van der Waals surface area contributed by atoms with Gasteiger partial charge in [-0.3, -0.25) is 0 Å². The van der Waals surface area contributed by atoms with Crippen molar-refractivity contribution in [3.05, 3.63) is 11.1 Å². The normalized spacial score (nSPS) is 13.2. The molecule has 0 fully saturated rings. The maximum Gasteiger partial charge on any atom is 0.357 e. The highest BCUT2D eigenvalue weighted by Crippen LogP contribution is 2.24. The third-order valence-corrected chi connectivity index (χ3v) is 3.40. The van der Waals surface area contributed by atoms with Crippen LogP contribution in [0.25, 0.3) is 0 Å². The van der Waals surface area contributed by atoms with Crippen molar-refractivity contribution in [2.45, 2.75) is 40.7 Å². The van der Waals surface area contributed by atoms with Crippen LogP contribution in [-0.2, 0) is 4.74 Å². The van der Waals surface area contributed by atoms with Crippen molar-refractivity contribution < 1.29 is 9.53 Å². The van der Waals surface area contributed by atoms with E-state index in [0.29, 0.717) is 12.3 Å². The molecule has 0 aliphatic heterocycles. The monoisotopic (exact) mass is 256 g/mol. The van der Waals surface area contributed by atoms with E-state index in [1.165, 1.54) is 11.3 Å². The summed E-state index contributed by atoms with van der Waals surface area (Å²) in [7, 11) is 0. The molecule has 0 aliphatic rings. The largest absolute Gasteiger partial charge is 0.461 e. The zero-order valence-corrected chi connectivity index (χ0v) is 11.9. The standard InChI is InChI=1S/C12H20N2O2S/c1-6-16-10(15)9-7-17-11(14-9)13-8(2)12(3,4)5/h7-8H,6H2,1-5H3,(H,13,14). The SMILES string of the molecule is CCOC(=O)c1csc(NC(C)C(C)(C)C)n1. The molecule has 1 heterocycles. The zero-order chi connectivity index (χ0) is 13.1. The molecule has 0 radical (unpaired) electrons. The van der Waals surface area contributed by atoms with E-state index in [4.69, 9.17) is 4.74 Å². The van der Waals surface area contributed by atoms with Gasteiger partial charge < -0.3 is 10.1 Å². The molecule has 4 nitrogen and oxygen atoms in total. The van der Waals surface area contributed by atoms with Crippen LogP contribution < -0.4 is 5.32 Å². The topological polar surface area (TPSA) is 51.2 Å². The van der Waals surface area contributed by atoms with Crippen LogP contribution in [0.3, 0.4) is 0 Å². The Morgan fingerprint density at radius 3 is 2.76 bits per heavy atom. The third kappa shape index (κ3) is 4.00. The lowest BCUT2D eigenvalue weighted by molar-refractivity contribution is 0.0520. The first-order chi connectivity index (χ1) is 7.84. The van der Waals surface area contributed by atoms with Crippen molar-refractivity contribution in [2.75, 3.05) is 11.9 Å². The summed E-state index contributed by atoms with van der Waals surface area (Å²) in [5, 5.41) is 5.78. The first-order valence-electron chi connectivity index (χ1n) is 5.73. The fourth-order valence-electron chi connectivity index (χ4n) is 1.04. The van der Waals surface area contributed by atoms with Crippen LogP contribution in [0.4, 0.5) is 5.13 Å². The molecule has 0 bridgehead atoms. The molecule has 0 amide bonds. The van der Waals surface area contributed by atoms with Gasteiger partial charge in [0, 0.05) is 11.4 Å². The molecule has 96 valence electrons. The summed E-state index contributed by atoms with van der Waals surface area (Å²) in [5.74, 6) is -0.361. The number of aromatic nitrogens is 1. The lowest BCUT2D eigenvalue weighted by Gasteiger charge is -2.27. The van der Waals surface area contributed by atoms with Crippen LogP contribution in [0.5, 0.6) is 0 Å². The van der Waals surface area contributed by atoms with Gasteiger partial charge in [-0.1, -0.05) is 20.8 Å². The van der Waals surface area contributed by atoms with E-state index in [9.17, 15) is 4.79 Å². The Labute approximate surface area is 106 Å². The molecule has 1 unspecified atom stereocenters. The molecule has 0 spiro atoms. The minimum atomic E-state index is -0.361. The number of esters is 1. The number of hydrogen-bond acceptors (Lipinski definition) is 5. The van der Waals surface area contributed by atoms with Gasteiger partial charge in [0.25, 0.3) is 0 Å². The van der Waals surface area contributed by atoms with Crippen molar-refractivity contribution in [3.8, 4) is 0 Å². The van der Waals surface area contributed by atoms with Crippen LogP contribution in [0.15, 0.2) is 5.38 Å². The van der Waals surface area contributed by atoms with Crippen molar-refractivity contribution in [2.24, 2.45) is 5.41 Å². The highest BCUT2D eigenvalue weighted by atomic mass is 32.1. The predicted octanol–water partition coefficient (Wildman–Crippen LogP) is 3.17. The van der Waals surface area contributed by atoms with Gasteiger partial charge in [0.1, 0.15) is 0 Å². The van der Waals surface area contributed by atoms with E-state index in [1.54, 1.807) is 12.3 Å². The summed E-state index contributed by atoms with van der Waals surface area (Å²) in [6.45, 7) is 10.7. The lowest BCUT2D eigenvalue weighted by Crippen LogP contribution is -2.30. The molecule has 0 aromatic carbocycles. The number of thiazole rings is 1. The number of ether oxygens (including phenoxy) is 1. The van der Waals surface area contributed by atoms with E-state index >= 15 is 0 Å². The smallest absolute Gasteiger partial charge is 0.357 e. The average molecular weight is 256 g/mol. The predicted molar refractivity (Wildman–Crippen MR) is 70.6 cm³/mol. The summed E-state index contributed by atoms with van der Waals surface area (Å²) in [6.07, 6.45) is 0. The van der Waals surface area contributed by atoms with Gasteiger partial charge >= 0.3 is 5.97 Å². The molecular formula is C12H20N2O2S. The van der Waals surface area contributed by atoms with Gasteiger partial charge in [0.2, 0.25) is 0 Å². The van der Waals surface area contributed by atoms with E-state index in [0.717, 1.165) is 5.13 Å². The molecule has 1 rings (SSSR count). The Hall–Kier alpha value is -1.10. The van der Waals surface area contributed by atoms with E-state index < -0.39 is 0 Å². The number of nitrogens with zero attached hydrogens (tertiary/aromatic N) is 1. The van der Waals surface area contributed by atoms with Crippen molar-refractivity contribution in [1.29, 1.82) is 0 Å². The lowest BCUT2D eigenvalue weighted by atomic mass is 9.88. The molecule has 1 aromatic heterocycles. The number of anilines is 1. The maximum absolute atomic E-state index is 11.4. The quantitative estimate of drug-likeness (QED) is 0.841. The summed E-state index contributed by atoms with van der Waals surface area (Å²) in [5.41, 5.74) is 0.524. The minimum absolute atomic E-state index is 0.149. The minimum Gasteiger partial charge on any atom is -0.461 e. The van der Waals surface area contributed by atoms with Gasteiger partial charge in [-0.2, -0.15) is 0 Å².